The summed E-state index contributed by atoms with van der Waals surface area (Å²) in [7, 11) is 1.62. The predicted molar refractivity (Wildman–Crippen MR) is 105 cm³/mol. The lowest BCUT2D eigenvalue weighted by Gasteiger charge is -2.32. The minimum atomic E-state index is -0.0246. The van der Waals surface area contributed by atoms with Crippen LogP contribution in [0.5, 0.6) is 11.5 Å². The SMILES string of the molecule is COc1ccc(-c2c(C)oc3c4c(ccc3c2=O)OCN(C(C)C)C4)cc1. The van der Waals surface area contributed by atoms with E-state index in [1.54, 1.807) is 13.2 Å². The summed E-state index contributed by atoms with van der Waals surface area (Å²) < 4.78 is 17.3. The maximum atomic E-state index is 13.3. The van der Waals surface area contributed by atoms with Crippen LogP contribution in [0.1, 0.15) is 25.2 Å². The van der Waals surface area contributed by atoms with E-state index in [1.807, 2.05) is 37.3 Å². The Bertz CT molecular complexity index is 1050. The second kappa shape index (κ2) is 6.74. The third-order valence-corrected chi connectivity index (χ3v) is 5.15. The van der Waals surface area contributed by atoms with Crippen LogP contribution in [0.2, 0.25) is 0 Å². The highest BCUT2D eigenvalue weighted by atomic mass is 16.5. The molecule has 3 aromatic rings. The quantitative estimate of drug-likeness (QED) is 0.691. The summed E-state index contributed by atoms with van der Waals surface area (Å²) in [5, 5.41) is 0.583. The smallest absolute Gasteiger partial charge is 0.200 e. The average Bonchev–Trinajstić information content (AvgIpc) is 2.68. The molecule has 0 atom stereocenters. The van der Waals surface area contributed by atoms with Gasteiger partial charge in [-0.25, -0.2) is 0 Å². The molecule has 0 saturated carbocycles. The van der Waals surface area contributed by atoms with Crippen molar-refractivity contribution in [1.82, 2.24) is 4.90 Å². The number of fused-ring (bicyclic) bond motifs is 3. The Morgan fingerprint density at radius 3 is 2.52 bits per heavy atom. The molecule has 0 N–H and O–H groups in total. The highest BCUT2D eigenvalue weighted by Crippen LogP contribution is 2.34. The molecule has 1 aromatic heterocycles. The Kier molecular flexibility index (Phi) is 4.40. The summed E-state index contributed by atoms with van der Waals surface area (Å²) in [5.74, 6) is 2.15. The van der Waals surface area contributed by atoms with Crippen LogP contribution in [-0.2, 0) is 6.54 Å². The summed E-state index contributed by atoms with van der Waals surface area (Å²) >= 11 is 0. The number of hydrogen-bond acceptors (Lipinski definition) is 5. The molecule has 27 heavy (non-hydrogen) atoms. The summed E-state index contributed by atoms with van der Waals surface area (Å²) in [6, 6.07) is 11.5. The molecular weight excluding hydrogens is 342 g/mol. The first-order valence-corrected chi connectivity index (χ1v) is 9.10. The molecule has 0 radical (unpaired) electrons. The van der Waals surface area contributed by atoms with Crippen molar-refractivity contribution < 1.29 is 13.9 Å². The predicted octanol–water partition coefficient (Wildman–Crippen LogP) is 4.34. The zero-order valence-electron chi connectivity index (χ0n) is 16.0. The van der Waals surface area contributed by atoms with Crippen molar-refractivity contribution >= 4 is 11.0 Å². The highest BCUT2D eigenvalue weighted by Gasteiger charge is 2.25. The monoisotopic (exact) mass is 365 g/mol. The van der Waals surface area contributed by atoms with Crippen molar-refractivity contribution in [3.63, 3.8) is 0 Å². The number of hydrogen-bond donors (Lipinski definition) is 0. The molecule has 4 rings (SSSR count). The van der Waals surface area contributed by atoms with E-state index in [9.17, 15) is 4.79 Å². The second-order valence-electron chi connectivity index (χ2n) is 7.12. The number of methoxy groups -OCH3 is 1. The van der Waals surface area contributed by atoms with Gasteiger partial charge >= 0.3 is 0 Å². The summed E-state index contributed by atoms with van der Waals surface area (Å²) in [4.78, 5) is 15.5. The molecule has 1 aliphatic rings. The Morgan fingerprint density at radius 2 is 1.85 bits per heavy atom. The van der Waals surface area contributed by atoms with Gasteiger partial charge in [-0.1, -0.05) is 12.1 Å². The van der Waals surface area contributed by atoms with Crippen LogP contribution in [-0.4, -0.2) is 24.8 Å². The molecule has 0 unspecified atom stereocenters. The van der Waals surface area contributed by atoms with Gasteiger partial charge in [0, 0.05) is 12.6 Å². The maximum Gasteiger partial charge on any atom is 0.200 e. The molecule has 0 aliphatic carbocycles. The van der Waals surface area contributed by atoms with Crippen molar-refractivity contribution in [3.8, 4) is 22.6 Å². The van der Waals surface area contributed by atoms with E-state index in [2.05, 4.69) is 18.7 Å². The first kappa shape index (κ1) is 17.6. The molecule has 140 valence electrons. The first-order chi connectivity index (χ1) is 13.0. The lowest BCUT2D eigenvalue weighted by molar-refractivity contribution is 0.0689. The van der Waals surface area contributed by atoms with Gasteiger partial charge in [0.1, 0.15) is 29.6 Å². The Balaban J connectivity index is 1.89. The zero-order valence-corrected chi connectivity index (χ0v) is 16.0. The van der Waals surface area contributed by atoms with Gasteiger partial charge in [0.05, 0.1) is 23.6 Å². The Morgan fingerprint density at radius 1 is 1.11 bits per heavy atom. The van der Waals surface area contributed by atoms with Gasteiger partial charge in [0.2, 0.25) is 5.43 Å². The van der Waals surface area contributed by atoms with Gasteiger partial charge < -0.3 is 13.9 Å². The Labute approximate surface area is 158 Å². The molecule has 0 spiro atoms. The van der Waals surface area contributed by atoms with Gasteiger partial charge in [-0.3, -0.25) is 9.69 Å². The highest BCUT2D eigenvalue weighted by molar-refractivity contribution is 5.86. The van der Waals surface area contributed by atoms with Crippen LogP contribution >= 0.6 is 0 Å². The molecule has 2 heterocycles. The van der Waals surface area contributed by atoms with Crippen LogP contribution < -0.4 is 14.9 Å². The van der Waals surface area contributed by atoms with Crippen molar-refractivity contribution in [2.45, 2.75) is 33.4 Å². The summed E-state index contributed by atoms with van der Waals surface area (Å²) in [5.41, 5.74) is 2.94. The van der Waals surface area contributed by atoms with Crippen LogP contribution in [0.25, 0.3) is 22.1 Å². The van der Waals surface area contributed by atoms with Crippen molar-refractivity contribution in [1.29, 1.82) is 0 Å². The van der Waals surface area contributed by atoms with Crippen LogP contribution in [0.4, 0.5) is 0 Å². The van der Waals surface area contributed by atoms with E-state index in [0.29, 0.717) is 41.6 Å². The lowest BCUT2D eigenvalue weighted by Crippen LogP contribution is -2.37. The van der Waals surface area contributed by atoms with Gasteiger partial charge in [0.15, 0.2) is 0 Å². The third-order valence-electron chi connectivity index (χ3n) is 5.15. The standard InChI is InChI=1S/C22H23NO4/c1-13(2)23-11-18-19(26-12-23)10-9-17-21(24)20(14(3)27-22(17)18)15-5-7-16(25-4)8-6-15/h5-10,13H,11-12H2,1-4H3. The fraction of sp³-hybridized carbons (Fsp3) is 0.318. The van der Waals surface area contributed by atoms with Gasteiger partial charge in [-0.15, -0.1) is 0 Å². The number of benzene rings is 2. The fourth-order valence-corrected chi connectivity index (χ4v) is 3.51. The van der Waals surface area contributed by atoms with Gasteiger partial charge in [-0.05, 0) is 50.6 Å². The molecular formula is C22H23NO4. The number of aryl methyl sites for hydroxylation is 1. The van der Waals surface area contributed by atoms with E-state index >= 15 is 0 Å². The summed E-state index contributed by atoms with van der Waals surface area (Å²) in [6.07, 6.45) is 0. The van der Waals surface area contributed by atoms with E-state index in [4.69, 9.17) is 13.9 Å². The topological polar surface area (TPSA) is 51.9 Å². The van der Waals surface area contributed by atoms with E-state index in [-0.39, 0.29) is 5.43 Å². The normalized spacial score (nSPS) is 14.3. The first-order valence-electron chi connectivity index (χ1n) is 9.10. The second-order valence-corrected chi connectivity index (χ2v) is 7.12. The zero-order chi connectivity index (χ0) is 19.1. The lowest BCUT2D eigenvalue weighted by atomic mass is 10.0. The summed E-state index contributed by atoms with van der Waals surface area (Å²) in [6.45, 7) is 7.34. The number of rotatable bonds is 3. The maximum absolute atomic E-state index is 13.3. The van der Waals surface area contributed by atoms with Crippen LogP contribution in [0.3, 0.4) is 0 Å². The number of ether oxygens (including phenoxy) is 2. The largest absolute Gasteiger partial charge is 0.497 e. The van der Waals surface area contributed by atoms with Gasteiger partial charge in [0.25, 0.3) is 0 Å². The van der Waals surface area contributed by atoms with Crippen LogP contribution in [0, 0.1) is 6.92 Å². The third kappa shape index (κ3) is 2.98. The minimum Gasteiger partial charge on any atom is -0.497 e. The van der Waals surface area contributed by atoms with E-state index in [1.165, 1.54) is 0 Å². The molecule has 0 fully saturated rings. The molecule has 5 heteroatoms. The van der Waals surface area contributed by atoms with E-state index in [0.717, 1.165) is 22.6 Å². The molecule has 2 aromatic carbocycles. The van der Waals surface area contributed by atoms with Crippen molar-refractivity contribution in [3.05, 3.63) is 57.9 Å². The van der Waals surface area contributed by atoms with E-state index < -0.39 is 0 Å². The molecule has 0 amide bonds. The molecule has 0 saturated heterocycles. The van der Waals surface area contributed by atoms with Crippen molar-refractivity contribution in [2.75, 3.05) is 13.8 Å². The van der Waals surface area contributed by atoms with Crippen LogP contribution in [0.15, 0.2) is 45.6 Å². The van der Waals surface area contributed by atoms with Crippen molar-refractivity contribution in [2.24, 2.45) is 0 Å². The minimum absolute atomic E-state index is 0.0246. The molecule has 5 nitrogen and oxygen atoms in total. The fourth-order valence-electron chi connectivity index (χ4n) is 3.51. The average molecular weight is 365 g/mol. The number of nitrogens with zero attached hydrogens (tertiary/aromatic N) is 1. The van der Waals surface area contributed by atoms with Gasteiger partial charge in [-0.2, -0.15) is 0 Å². The molecule has 0 bridgehead atoms. The molecule has 1 aliphatic heterocycles. The Hall–Kier alpha value is -2.79.